The Hall–Kier alpha value is -2.39. The average Bonchev–Trinajstić information content (AvgIpc) is 3.59. The lowest BCUT2D eigenvalue weighted by molar-refractivity contribution is -0.137. The van der Waals surface area contributed by atoms with Gasteiger partial charge in [-0.25, -0.2) is 8.42 Å². The van der Waals surface area contributed by atoms with Gasteiger partial charge >= 0.3 is 6.18 Å². The molecule has 4 rings (SSSR count). The van der Waals surface area contributed by atoms with Crippen LogP contribution in [0.5, 0.6) is 0 Å². The summed E-state index contributed by atoms with van der Waals surface area (Å²) in [6, 6.07) is 13.8. The summed E-state index contributed by atoms with van der Waals surface area (Å²) in [6.07, 6.45) is -1.91. The zero-order valence-electron chi connectivity index (χ0n) is 17.4. The molecule has 0 bridgehead atoms. The molecule has 1 aliphatic heterocycles. The minimum absolute atomic E-state index is 0.00946. The van der Waals surface area contributed by atoms with Crippen LogP contribution in [0.3, 0.4) is 0 Å². The number of amides is 1. The van der Waals surface area contributed by atoms with Crippen LogP contribution in [0.25, 0.3) is 0 Å². The lowest BCUT2D eigenvalue weighted by atomic mass is 9.94. The zero-order chi connectivity index (χ0) is 23.0. The fraction of sp³-hybridized carbons (Fsp3) is 0.435. The van der Waals surface area contributed by atoms with Gasteiger partial charge in [-0.15, -0.1) is 0 Å². The number of alkyl halides is 3. The van der Waals surface area contributed by atoms with Crippen molar-refractivity contribution >= 4 is 15.9 Å². The predicted octanol–water partition coefficient (Wildman–Crippen LogP) is 3.95. The lowest BCUT2D eigenvalue weighted by Gasteiger charge is -2.31. The first-order valence-corrected chi connectivity index (χ1v) is 12.1. The second kappa shape index (κ2) is 8.51. The molecule has 5 nitrogen and oxygen atoms in total. The molecule has 0 atom stereocenters. The van der Waals surface area contributed by atoms with Crippen molar-refractivity contribution in [3.05, 3.63) is 65.7 Å². The van der Waals surface area contributed by atoms with Crippen LogP contribution >= 0.6 is 0 Å². The van der Waals surface area contributed by atoms with E-state index in [2.05, 4.69) is 17.4 Å². The molecule has 2 fully saturated rings. The van der Waals surface area contributed by atoms with E-state index in [1.165, 1.54) is 15.9 Å². The van der Waals surface area contributed by atoms with Gasteiger partial charge in [-0.2, -0.15) is 17.5 Å². The molecule has 0 radical (unpaired) electrons. The number of rotatable bonds is 6. The first-order valence-electron chi connectivity index (χ1n) is 10.6. The first kappa shape index (κ1) is 22.8. The van der Waals surface area contributed by atoms with Gasteiger partial charge in [0.05, 0.1) is 10.5 Å². The number of piperidine rings is 1. The van der Waals surface area contributed by atoms with E-state index in [9.17, 15) is 26.4 Å². The van der Waals surface area contributed by atoms with E-state index < -0.39 is 21.8 Å². The normalized spacial score (nSPS) is 19.5. The molecule has 2 aliphatic rings. The molecule has 1 amide bonds. The van der Waals surface area contributed by atoms with Crippen LogP contribution in [0.15, 0.2) is 59.5 Å². The third-order valence-electron chi connectivity index (χ3n) is 6.46. The van der Waals surface area contributed by atoms with Crippen molar-refractivity contribution < 1.29 is 26.4 Å². The van der Waals surface area contributed by atoms with Crippen LogP contribution in [0, 0.1) is 5.92 Å². The molecule has 1 heterocycles. The molecule has 1 saturated heterocycles. The van der Waals surface area contributed by atoms with E-state index in [4.69, 9.17) is 0 Å². The molecule has 0 spiro atoms. The van der Waals surface area contributed by atoms with E-state index in [1.54, 1.807) is 0 Å². The molecule has 9 heteroatoms. The Labute approximate surface area is 185 Å². The third-order valence-corrected chi connectivity index (χ3v) is 8.36. The van der Waals surface area contributed by atoms with Crippen molar-refractivity contribution in [2.24, 2.45) is 5.92 Å². The molecule has 172 valence electrons. The highest BCUT2D eigenvalue weighted by Crippen LogP contribution is 2.47. The summed E-state index contributed by atoms with van der Waals surface area (Å²) in [6.45, 7) is 0.750. The number of hydrogen-bond acceptors (Lipinski definition) is 3. The summed E-state index contributed by atoms with van der Waals surface area (Å²) in [5.74, 6) is -0.405. The number of sulfonamides is 1. The monoisotopic (exact) mass is 466 g/mol. The second-order valence-electron chi connectivity index (χ2n) is 8.57. The van der Waals surface area contributed by atoms with E-state index in [0.29, 0.717) is 25.5 Å². The maximum atomic E-state index is 13.0. The topological polar surface area (TPSA) is 66.5 Å². The van der Waals surface area contributed by atoms with Gasteiger partial charge in [-0.3, -0.25) is 4.79 Å². The second-order valence-corrected chi connectivity index (χ2v) is 10.5. The molecule has 0 aromatic heterocycles. The minimum Gasteiger partial charge on any atom is -0.355 e. The van der Waals surface area contributed by atoms with Crippen molar-refractivity contribution in [2.75, 3.05) is 19.6 Å². The highest BCUT2D eigenvalue weighted by molar-refractivity contribution is 7.89. The van der Waals surface area contributed by atoms with Gasteiger partial charge in [-0.1, -0.05) is 36.4 Å². The summed E-state index contributed by atoms with van der Waals surface area (Å²) in [5.41, 5.74) is 0.201. The Kier molecular flexibility index (Phi) is 6.06. The van der Waals surface area contributed by atoms with Crippen LogP contribution in [-0.4, -0.2) is 38.3 Å². The number of nitrogens with one attached hydrogen (secondary N) is 1. The molecule has 1 N–H and O–H groups in total. The summed E-state index contributed by atoms with van der Waals surface area (Å²) in [5, 5.41) is 3.03. The van der Waals surface area contributed by atoms with Gasteiger partial charge in [0.1, 0.15) is 0 Å². The summed E-state index contributed by atoms with van der Waals surface area (Å²) >= 11 is 0. The van der Waals surface area contributed by atoms with Crippen LogP contribution in [-0.2, 0) is 26.4 Å². The van der Waals surface area contributed by atoms with Gasteiger partial charge < -0.3 is 5.32 Å². The molecular formula is C23H25F3N2O3S. The SMILES string of the molecule is O=C(NCC1(c2ccccc2)CC1)C1CCN(S(=O)(=O)c2cccc(C(F)(F)F)c2)CC1. The Morgan fingerprint density at radius 1 is 1.03 bits per heavy atom. The van der Waals surface area contributed by atoms with Crippen molar-refractivity contribution in [1.82, 2.24) is 9.62 Å². The maximum absolute atomic E-state index is 13.0. The van der Waals surface area contributed by atoms with Gasteiger partial charge in [0, 0.05) is 31.0 Å². The van der Waals surface area contributed by atoms with E-state index in [0.717, 1.165) is 25.0 Å². The van der Waals surface area contributed by atoms with Crippen LogP contribution < -0.4 is 5.32 Å². The molecule has 1 saturated carbocycles. The fourth-order valence-corrected chi connectivity index (χ4v) is 5.77. The molecule has 1 aliphatic carbocycles. The number of hydrogen-bond donors (Lipinski definition) is 1. The van der Waals surface area contributed by atoms with Gasteiger partial charge in [0.2, 0.25) is 15.9 Å². The summed E-state index contributed by atoms with van der Waals surface area (Å²) in [4.78, 5) is 12.3. The maximum Gasteiger partial charge on any atom is 0.416 e. The lowest BCUT2D eigenvalue weighted by Crippen LogP contribution is -2.44. The summed E-state index contributed by atoms with van der Waals surface area (Å²) < 4.78 is 65.7. The van der Waals surface area contributed by atoms with E-state index >= 15 is 0 Å². The molecule has 32 heavy (non-hydrogen) atoms. The fourth-order valence-electron chi connectivity index (χ4n) is 4.25. The van der Waals surface area contributed by atoms with Gasteiger partial charge in [-0.05, 0) is 49.4 Å². The smallest absolute Gasteiger partial charge is 0.355 e. The molecule has 2 aromatic carbocycles. The number of benzene rings is 2. The average molecular weight is 467 g/mol. The molecule has 2 aromatic rings. The largest absolute Gasteiger partial charge is 0.416 e. The van der Waals surface area contributed by atoms with Gasteiger partial charge in [0.25, 0.3) is 0 Å². The van der Waals surface area contributed by atoms with Gasteiger partial charge in [0.15, 0.2) is 0 Å². The van der Waals surface area contributed by atoms with E-state index in [1.807, 2.05) is 18.2 Å². The zero-order valence-corrected chi connectivity index (χ0v) is 18.3. The minimum atomic E-state index is -4.62. The quantitative estimate of drug-likeness (QED) is 0.701. The third kappa shape index (κ3) is 4.68. The Balaban J connectivity index is 1.34. The molecular weight excluding hydrogens is 441 g/mol. The Morgan fingerprint density at radius 3 is 2.28 bits per heavy atom. The number of carbonyl (C=O) groups excluding carboxylic acids is 1. The van der Waals surface area contributed by atoms with Crippen molar-refractivity contribution in [3.63, 3.8) is 0 Å². The number of halogens is 3. The number of nitrogens with zero attached hydrogens (tertiary/aromatic N) is 1. The Morgan fingerprint density at radius 2 is 1.69 bits per heavy atom. The van der Waals surface area contributed by atoms with E-state index in [-0.39, 0.29) is 35.2 Å². The highest BCUT2D eigenvalue weighted by atomic mass is 32.2. The van der Waals surface area contributed by atoms with Crippen molar-refractivity contribution in [3.8, 4) is 0 Å². The van der Waals surface area contributed by atoms with Crippen LogP contribution in [0.2, 0.25) is 0 Å². The van der Waals surface area contributed by atoms with Crippen molar-refractivity contribution in [1.29, 1.82) is 0 Å². The van der Waals surface area contributed by atoms with Crippen molar-refractivity contribution in [2.45, 2.75) is 42.2 Å². The van der Waals surface area contributed by atoms with Crippen LogP contribution in [0.4, 0.5) is 13.2 Å². The number of carbonyl (C=O) groups is 1. The predicted molar refractivity (Wildman–Crippen MR) is 113 cm³/mol. The Bertz CT molecular complexity index is 1080. The van der Waals surface area contributed by atoms with Crippen LogP contribution in [0.1, 0.15) is 36.8 Å². The highest BCUT2D eigenvalue weighted by Gasteiger charge is 2.44. The molecule has 0 unspecified atom stereocenters. The standard InChI is InChI=1S/C23H25F3N2O3S/c24-23(25,26)19-7-4-8-20(15-19)32(30,31)28-13-9-17(10-14-28)21(29)27-16-22(11-12-22)18-5-2-1-3-6-18/h1-8,15,17H,9-14,16H2,(H,27,29). The first-order chi connectivity index (χ1) is 15.1. The summed E-state index contributed by atoms with van der Waals surface area (Å²) in [7, 11) is -4.05.